The van der Waals surface area contributed by atoms with Crippen LogP contribution in [-0.2, 0) is 21.5 Å². The number of hydrogen-bond acceptors (Lipinski definition) is 3. The summed E-state index contributed by atoms with van der Waals surface area (Å²) in [6.07, 6.45) is 3.41. The summed E-state index contributed by atoms with van der Waals surface area (Å²) in [5.74, 6) is -0.285. The molecular weight excluding hydrogens is 288 g/mol. The van der Waals surface area contributed by atoms with Crippen LogP contribution in [0.25, 0.3) is 0 Å². The zero-order valence-electron chi connectivity index (χ0n) is 13.5. The molecule has 1 aliphatic rings. The molecule has 1 saturated carbocycles. The van der Waals surface area contributed by atoms with Crippen molar-refractivity contribution in [2.75, 3.05) is 13.7 Å². The van der Waals surface area contributed by atoms with Crippen LogP contribution in [0.15, 0.2) is 54.6 Å². The molecule has 3 rings (SSSR count). The summed E-state index contributed by atoms with van der Waals surface area (Å²) < 4.78 is 10.6. The van der Waals surface area contributed by atoms with Gasteiger partial charge in [-0.15, -0.1) is 0 Å². The quantitative estimate of drug-likeness (QED) is 0.570. The molecule has 3 heteroatoms. The molecule has 3 nitrogen and oxygen atoms in total. The fraction of sp³-hybridized carbons (Fsp3) is 0.350. The van der Waals surface area contributed by atoms with E-state index in [-0.39, 0.29) is 11.4 Å². The van der Waals surface area contributed by atoms with Crippen molar-refractivity contribution in [3.63, 3.8) is 0 Å². The molecule has 0 spiro atoms. The molecule has 0 saturated heterocycles. The lowest BCUT2D eigenvalue weighted by molar-refractivity contribution is 0.0600. The molecular formula is C20H22O3. The van der Waals surface area contributed by atoms with Crippen molar-refractivity contribution in [1.82, 2.24) is 0 Å². The van der Waals surface area contributed by atoms with Crippen molar-refractivity contribution in [2.24, 2.45) is 0 Å². The van der Waals surface area contributed by atoms with Gasteiger partial charge in [0.1, 0.15) is 0 Å². The van der Waals surface area contributed by atoms with Crippen molar-refractivity contribution in [3.05, 3.63) is 71.3 Å². The van der Waals surface area contributed by atoms with Gasteiger partial charge in [-0.2, -0.15) is 0 Å². The van der Waals surface area contributed by atoms with E-state index < -0.39 is 0 Å². The highest BCUT2D eigenvalue weighted by Crippen LogP contribution is 2.51. The summed E-state index contributed by atoms with van der Waals surface area (Å²) in [6, 6.07) is 18.1. The average Bonchev–Trinajstić information content (AvgIpc) is 3.40. The van der Waals surface area contributed by atoms with E-state index >= 15 is 0 Å². The molecule has 0 heterocycles. The SMILES string of the molecule is COC(=O)c1ccc(C2(CCOCc3ccccc3)CC2)cc1. The largest absolute Gasteiger partial charge is 0.465 e. The highest BCUT2D eigenvalue weighted by molar-refractivity contribution is 5.89. The van der Waals surface area contributed by atoms with Gasteiger partial charge in [0.2, 0.25) is 0 Å². The Hall–Kier alpha value is -2.13. The van der Waals surface area contributed by atoms with Crippen LogP contribution in [0.3, 0.4) is 0 Å². The van der Waals surface area contributed by atoms with Crippen LogP contribution in [0, 0.1) is 0 Å². The fourth-order valence-electron chi connectivity index (χ4n) is 2.94. The Bertz CT molecular complexity index is 642. The van der Waals surface area contributed by atoms with E-state index in [4.69, 9.17) is 9.47 Å². The maximum absolute atomic E-state index is 11.5. The van der Waals surface area contributed by atoms with Crippen LogP contribution in [0.4, 0.5) is 0 Å². The first kappa shape index (κ1) is 15.8. The van der Waals surface area contributed by atoms with E-state index in [0.29, 0.717) is 12.2 Å². The Morgan fingerprint density at radius 1 is 1.04 bits per heavy atom. The lowest BCUT2D eigenvalue weighted by Gasteiger charge is -2.16. The van der Waals surface area contributed by atoms with Crippen molar-refractivity contribution >= 4 is 5.97 Å². The minimum Gasteiger partial charge on any atom is -0.465 e. The summed E-state index contributed by atoms with van der Waals surface area (Å²) in [5.41, 5.74) is 3.35. The Morgan fingerprint density at radius 3 is 2.35 bits per heavy atom. The predicted molar refractivity (Wildman–Crippen MR) is 89.4 cm³/mol. The van der Waals surface area contributed by atoms with Crippen LogP contribution in [0.2, 0.25) is 0 Å². The van der Waals surface area contributed by atoms with Gasteiger partial charge >= 0.3 is 5.97 Å². The second-order valence-corrected chi connectivity index (χ2v) is 6.14. The van der Waals surface area contributed by atoms with Gasteiger partial charge in [-0.05, 0) is 47.9 Å². The number of benzene rings is 2. The van der Waals surface area contributed by atoms with Gasteiger partial charge in [-0.3, -0.25) is 0 Å². The molecule has 0 N–H and O–H groups in total. The Morgan fingerprint density at radius 2 is 1.74 bits per heavy atom. The number of carbonyl (C=O) groups excluding carboxylic acids is 1. The van der Waals surface area contributed by atoms with Gasteiger partial charge in [0.25, 0.3) is 0 Å². The highest BCUT2D eigenvalue weighted by Gasteiger charge is 2.43. The van der Waals surface area contributed by atoms with Gasteiger partial charge in [-0.25, -0.2) is 4.79 Å². The number of carbonyl (C=O) groups is 1. The van der Waals surface area contributed by atoms with Gasteiger partial charge < -0.3 is 9.47 Å². The van der Waals surface area contributed by atoms with Crippen molar-refractivity contribution in [2.45, 2.75) is 31.3 Å². The van der Waals surface area contributed by atoms with Crippen LogP contribution < -0.4 is 0 Å². The van der Waals surface area contributed by atoms with E-state index in [1.165, 1.54) is 31.1 Å². The fourth-order valence-corrected chi connectivity index (χ4v) is 2.94. The smallest absolute Gasteiger partial charge is 0.337 e. The van der Waals surface area contributed by atoms with E-state index in [0.717, 1.165) is 13.0 Å². The van der Waals surface area contributed by atoms with E-state index in [9.17, 15) is 4.79 Å². The monoisotopic (exact) mass is 310 g/mol. The van der Waals surface area contributed by atoms with Gasteiger partial charge in [0.15, 0.2) is 0 Å². The first-order valence-electron chi connectivity index (χ1n) is 8.04. The third-order valence-corrected chi connectivity index (χ3v) is 4.61. The summed E-state index contributed by atoms with van der Waals surface area (Å²) >= 11 is 0. The standard InChI is InChI=1S/C20H22O3/c1-22-19(21)17-7-9-18(10-8-17)20(11-12-20)13-14-23-15-16-5-3-2-4-6-16/h2-10H,11-15H2,1H3. The molecule has 2 aromatic rings. The molecule has 1 fully saturated rings. The maximum atomic E-state index is 11.5. The summed E-state index contributed by atoms with van der Waals surface area (Å²) in [4.78, 5) is 11.5. The van der Waals surface area contributed by atoms with Gasteiger partial charge in [0.05, 0.1) is 19.3 Å². The zero-order chi connectivity index (χ0) is 16.1. The van der Waals surface area contributed by atoms with Crippen molar-refractivity contribution in [3.8, 4) is 0 Å². The minimum atomic E-state index is -0.285. The molecule has 0 aromatic heterocycles. The maximum Gasteiger partial charge on any atom is 0.337 e. The lowest BCUT2D eigenvalue weighted by Crippen LogP contribution is -2.11. The molecule has 2 aromatic carbocycles. The third kappa shape index (κ3) is 3.80. The minimum absolute atomic E-state index is 0.241. The first-order chi connectivity index (χ1) is 11.2. The summed E-state index contributed by atoms with van der Waals surface area (Å²) in [6.45, 7) is 1.42. The van der Waals surface area contributed by atoms with E-state index in [1.807, 2.05) is 30.3 Å². The number of rotatable bonds is 7. The lowest BCUT2D eigenvalue weighted by atomic mass is 9.92. The molecule has 0 aliphatic heterocycles. The second-order valence-electron chi connectivity index (χ2n) is 6.14. The number of esters is 1. The molecule has 0 radical (unpaired) electrons. The first-order valence-corrected chi connectivity index (χ1v) is 8.04. The normalized spacial score (nSPS) is 15.2. The highest BCUT2D eigenvalue weighted by atomic mass is 16.5. The average molecular weight is 310 g/mol. The predicted octanol–water partition coefficient (Wildman–Crippen LogP) is 4.11. The van der Waals surface area contributed by atoms with Crippen LogP contribution in [0.5, 0.6) is 0 Å². The Kier molecular flexibility index (Phi) is 4.77. The molecule has 1 aliphatic carbocycles. The molecule has 120 valence electrons. The van der Waals surface area contributed by atoms with Crippen molar-refractivity contribution < 1.29 is 14.3 Å². The topological polar surface area (TPSA) is 35.5 Å². The molecule has 23 heavy (non-hydrogen) atoms. The van der Waals surface area contributed by atoms with Gasteiger partial charge in [-0.1, -0.05) is 42.5 Å². The van der Waals surface area contributed by atoms with Gasteiger partial charge in [0, 0.05) is 6.61 Å². The Balaban J connectivity index is 1.52. The molecule has 0 unspecified atom stereocenters. The summed E-state index contributed by atoms with van der Waals surface area (Å²) in [7, 11) is 1.41. The third-order valence-electron chi connectivity index (χ3n) is 4.61. The Labute approximate surface area is 137 Å². The van der Waals surface area contributed by atoms with E-state index in [2.05, 4.69) is 24.3 Å². The molecule has 0 amide bonds. The second kappa shape index (κ2) is 6.97. The number of ether oxygens (including phenoxy) is 2. The van der Waals surface area contributed by atoms with Crippen LogP contribution in [-0.4, -0.2) is 19.7 Å². The van der Waals surface area contributed by atoms with Crippen LogP contribution >= 0.6 is 0 Å². The molecule has 0 bridgehead atoms. The zero-order valence-corrected chi connectivity index (χ0v) is 13.5. The molecule has 0 atom stereocenters. The number of methoxy groups -OCH3 is 1. The van der Waals surface area contributed by atoms with Crippen LogP contribution in [0.1, 0.15) is 40.7 Å². The summed E-state index contributed by atoms with van der Waals surface area (Å²) in [5, 5.41) is 0. The van der Waals surface area contributed by atoms with Crippen molar-refractivity contribution in [1.29, 1.82) is 0 Å². The number of hydrogen-bond donors (Lipinski definition) is 0. The van der Waals surface area contributed by atoms with E-state index in [1.54, 1.807) is 0 Å².